The quantitative estimate of drug-likeness (QED) is 0.224. The average molecular weight is 449 g/mol. The molecule has 0 aromatic carbocycles. The highest BCUT2D eigenvalue weighted by atomic mass is 16.7. The summed E-state index contributed by atoms with van der Waals surface area (Å²) in [5.74, 6) is -0.871. The number of aliphatic hydroxyl groups is 1. The van der Waals surface area contributed by atoms with Crippen LogP contribution in [0.3, 0.4) is 0 Å². The summed E-state index contributed by atoms with van der Waals surface area (Å²) >= 11 is 0. The first kappa shape index (κ1) is 29.1. The lowest BCUT2D eigenvalue weighted by molar-refractivity contribution is -0.157. The fourth-order valence-corrected chi connectivity index (χ4v) is 2.24. The Balaban J connectivity index is 4.81. The van der Waals surface area contributed by atoms with Crippen molar-refractivity contribution in [2.45, 2.75) is 98.2 Å². The molecule has 0 aromatic heterocycles. The lowest BCUT2D eigenvalue weighted by Gasteiger charge is -2.28. The van der Waals surface area contributed by atoms with Crippen molar-refractivity contribution in [1.29, 1.82) is 0 Å². The van der Waals surface area contributed by atoms with E-state index in [1.807, 2.05) is 0 Å². The van der Waals surface area contributed by atoms with Crippen LogP contribution in [-0.4, -0.2) is 70.8 Å². The minimum absolute atomic E-state index is 0.00213. The molecule has 1 atom stereocenters. The normalized spacial score (nSPS) is 13.5. The van der Waals surface area contributed by atoms with Gasteiger partial charge in [0.05, 0.1) is 12.8 Å². The molecule has 1 amide bonds. The summed E-state index contributed by atoms with van der Waals surface area (Å²) in [7, 11) is 0. The minimum Gasteiger partial charge on any atom is -0.460 e. The van der Waals surface area contributed by atoms with Gasteiger partial charge in [-0.3, -0.25) is 19.3 Å². The van der Waals surface area contributed by atoms with E-state index < -0.39 is 41.1 Å². The van der Waals surface area contributed by atoms with Crippen LogP contribution < -0.4 is 5.48 Å². The maximum atomic E-state index is 12.0. The Morgan fingerprint density at radius 3 is 1.52 bits per heavy atom. The summed E-state index contributed by atoms with van der Waals surface area (Å²) in [5.41, 5.74) is 0.135. The average Bonchev–Trinajstić information content (AvgIpc) is 2.49. The van der Waals surface area contributed by atoms with Gasteiger partial charge in [-0.1, -0.05) is 0 Å². The SMILES string of the molecule is CC(C)(C)OC(=O)CCN(CCC(=O)OC(C)(C)C)C(O)CONC(=O)OC(C)(C)C. The molecule has 31 heavy (non-hydrogen) atoms. The smallest absolute Gasteiger partial charge is 0.431 e. The number of carbonyl (C=O) groups excluding carboxylic acids is 3. The van der Waals surface area contributed by atoms with Crippen LogP contribution in [0.5, 0.6) is 0 Å². The van der Waals surface area contributed by atoms with E-state index >= 15 is 0 Å². The summed E-state index contributed by atoms with van der Waals surface area (Å²) in [6.07, 6.45) is -1.99. The van der Waals surface area contributed by atoms with Gasteiger partial charge in [0, 0.05) is 13.1 Å². The van der Waals surface area contributed by atoms with E-state index in [1.165, 1.54) is 4.90 Å². The molecule has 2 N–H and O–H groups in total. The topological polar surface area (TPSA) is 124 Å². The standard InChI is InChI=1S/C21H40N2O8/c1-19(2,3)29-16(25)10-12-23(13-11-17(26)30-20(4,5)6)15(24)14-28-22-18(27)31-21(7,8)9/h15,24H,10-14H2,1-9H3,(H,22,27). The van der Waals surface area contributed by atoms with Crippen LogP contribution in [0.2, 0.25) is 0 Å². The van der Waals surface area contributed by atoms with Gasteiger partial charge in [0.15, 0.2) is 0 Å². The predicted octanol–water partition coefficient (Wildman–Crippen LogP) is 2.53. The molecule has 1 unspecified atom stereocenters. The molecule has 0 aromatic rings. The van der Waals surface area contributed by atoms with Crippen molar-refractivity contribution in [3.63, 3.8) is 0 Å². The van der Waals surface area contributed by atoms with E-state index in [9.17, 15) is 19.5 Å². The summed E-state index contributed by atoms with van der Waals surface area (Å²) in [6.45, 7) is 15.6. The Morgan fingerprint density at radius 2 is 1.16 bits per heavy atom. The Morgan fingerprint density at radius 1 is 0.774 bits per heavy atom. The second-order valence-electron chi connectivity index (χ2n) is 10.1. The lowest BCUT2D eigenvalue weighted by Crippen LogP contribution is -2.44. The molecule has 0 spiro atoms. The second-order valence-corrected chi connectivity index (χ2v) is 10.1. The van der Waals surface area contributed by atoms with Crippen molar-refractivity contribution < 1.29 is 38.5 Å². The molecular weight excluding hydrogens is 408 g/mol. The van der Waals surface area contributed by atoms with Gasteiger partial charge in [-0.05, 0) is 62.3 Å². The van der Waals surface area contributed by atoms with Crippen LogP contribution in [0.25, 0.3) is 0 Å². The van der Waals surface area contributed by atoms with Crippen molar-refractivity contribution in [2.24, 2.45) is 0 Å². The third-order valence-electron chi connectivity index (χ3n) is 3.25. The molecule has 0 saturated heterocycles. The molecule has 182 valence electrons. The summed E-state index contributed by atoms with van der Waals surface area (Å²) in [6, 6.07) is 0. The Hall–Kier alpha value is -1.91. The predicted molar refractivity (Wildman–Crippen MR) is 114 cm³/mol. The molecule has 10 heteroatoms. The molecule has 0 heterocycles. The maximum absolute atomic E-state index is 12.0. The number of hydrogen-bond acceptors (Lipinski definition) is 9. The third kappa shape index (κ3) is 17.5. The van der Waals surface area contributed by atoms with Crippen LogP contribution in [0.15, 0.2) is 0 Å². The van der Waals surface area contributed by atoms with E-state index in [0.29, 0.717) is 0 Å². The molecular formula is C21H40N2O8. The summed E-state index contributed by atoms with van der Waals surface area (Å²) in [4.78, 5) is 42.2. The molecule has 0 saturated carbocycles. The monoisotopic (exact) mass is 448 g/mol. The van der Waals surface area contributed by atoms with E-state index in [0.717, 1.165) is 0 Å². The van der Waals surface area contributed by atoms with E-state index in [2.05, 4.69) is 5.48 Å². The zero-order chi connectivity index (χ0) is 24.5. The highest BCUT2D eigenvalue weighted by Gasteiger charge is 2.24. The fraction of sp³-hybridized carbons (Fsp3) is 0.857. The number of amides is 1. The Labute approximate surface area is 185 Å². The summed E-state index contributed by atoms with van der Waals surface area (Å²) in [5, 5.41) is 10.4. The molecule has 10 nitrogen and oxygen atoms in total. The number of nitrogens with zero attached hydrogens (tertiary/aromatic N) is 1. The first-order valence-corrected chi connectivity index (χ1v) is 10.3. The van der Waals surface area contributed by atoms with E-state index in [-0.39, 0.29) is 32.5 Å². The lowest BCUT2D eigenvalue weighted by atomic mass is 10.2. The van der Waals surface area contributed by atoms with Gasteiger partial charge in [-0.2, -0.15) is 5.48 Å². The van der Waals surface area contributed by atoms with Gasteiger partial charge >= 0.3 is 18.0 Å². The molecule has 0 aliphatic rings. The van der Waals surface area contributed by atoms with Gasteiger partial charge in [0.25, 0.3) is 0 Å². The van der Waals surface area contributed by atoms with Crippen molar-refractivity contribution >= 4 is 18.0 Å². The highest BCUT2D eigenvalue weighted by Crippen LogP contribution is 2.12. The molecule has 0 aliphatic carbocycles. The van der Waals surface area contributed by atoms with Crippen molar-refractivity contribution in [1.82, 2.24) is 10.4 Å². The molecule has 0 radical (unpaired) electrons. The number of aliphatic hydroxyl groups excluding tert-OH is 1. The van der Waals surface area contributed by atoms with Crippen molar-refractivity contribution in [3.8, 4) is 0 Å². The van der Waals surface area contributed by atoms with Crippen LogP contribution >= 0.6 is 0 Å². The van der Waals surface area contributed by atoms with Crippen molar-refractivity contribution in [2.75, 3.05) is 19.7 Å². The number of rotatable bonds is 10. The van der Waals surface area contributed by atoms with Gasteiger partial charge < -0.3 is 19.3 Å². The highest BCUT2D eigenvalue weighted by molar-refractivity contribution is 5.70. The number of nitrogens with one attached hydrogen (secondary N) is 1. The molecule has 0 bridgehead atoms. The van der Waals surface area contributed by atoms with E-state index in [1.54, 1.807) is 62.3 Å². The Bertz CT molecular complexity index is 556. The summed E-state index contributed by atoms with van der Waals surface area (Å²) < 4.78 is 15.6. The van der Waals surface area contributed by atoms with Gasteiger partial charge in [-0.15, -0.1) is 0 Å². The molecule has 0 rings (SSSR count). The van der Waals surface area contributed by atoms with Crippen LogP contribution in [0.4, 0.5) is 4.79 Å². The first-order chi connectivity index (χ1) is 13.9. The largest absolute Gasteiger partial charge is 0.460 e. The number of esters is 2. The third-order valence-corrected chi connectivity index (χ3v) is 3.25. The molecule has 0 fully saturated rings. The first-order valence-electron chi connectivity index (χ1n) is 10.3. The number of hydrogen-bond donors (Lipinski definition) is 2. The number of carbonyl (C=O) groups is 3. The van der Waals surface area contributed by atoms with Gasteiger partial charge in [0.2, 0.25) is 0 Å². The Kier molecular flexibility index (Phi) is 11.5. The van der Waals surface area contributed by atoms with Gasteiger partial charge in [0.1, 0.15) is 29.6 Å². The van der Waals surface area contributed by atoms with Crippen LogP contribution in [0, 0.1) is 0 Å². The van der Waals surface area contributed by atoms with Crippen LogP contribution in [0.1, 0.15) is 75.2 Å². The zero-order valence-electron chi connectivity index (χ0n) is 20.4. The van der Waals surface area contributed by atoms with Crippen LogP contribution in [-0.2, 0) is 28.6 Å². The molecule has 0 aliphatic heterocycles. The zero-order valence-corrected chi connectivity index (χ0v) is 20.4. The second kappa shape index (κ2) is 12.2. The van der Waals surface area contributed by atoms with E-state index in [4.69, 9.17) is 19.0 Å². The number of hydroxylamine groups is 1. The fourth-order valence-electron chi connectivity index (χ4n) is 2.24. The minimum atomic E-state index is -1.19. The van der Waals surface area contributed by atoms with Gasteiger partial charge in [-0.25, -0.2) is 4.79 Å². The van der Waals surface area contributed by atoms with Crippen molar-refractivity contribution in [3.05, 3.63) is 0 Å². The maximum Gasteiger partial charge on any atom is 0.431 e. The number of ether oxygens (including phenoxy) is 3.